The number of benzene rings is 1. The number of hydrogen-bond donors (Lipinski definition) is 2. The number of ether oxygens (including phenoxy) is 1. The van der Waals surface area contributed by atoms with E-state index in [9.17, 15) is 9.59 Å². The van der Waals surface area contributed by atoms with Crippen LogP contribution < -0.4 is 20.9 Å². The number of nitriles is 1. The lowest BCUT2D eigenvalue weighted by atomic mass is 10.2. The summed E-state index contributed by atoms with van der Waals surface area (Å²) in [4.78, 5) is 26.1. The Morgan fingerprint density at radius 2 is 2.14 bits per heavy atom. The summed E-state index contributed by atoms with van der Waals surface area (Å²) in [6, 6.07) is 8.92. The van der Waals surface area contributed by atoms with Gasteiger partial charge in [-0.1, -0.05) is 12.1 Å². The first-order valence-electron chi connectivity index (χ1n) is 6.14. The Hall–Kier alpha value is -3.08. The molecule has 0 aliphatic carbocycles. The van der Waals surface area contributed by atoms with Gasteiger partial charge >= 0.3 is 5.69 Å². The van der Waals surface area contributed by atoms with Gasteiger partial charge in [0.2, 0.25) is 5.82 Å². The minimum Gasteiger partial charge on any atom is -0.490 e. The number of nitrogens with zero attached hydrogens (tertiary/aromatic N) is 3. The van der Waals surface area contributed by atoms with Crippen molar-refractivity contribution in [3.8, 4) is 11.8 Å². The molecule has 8 heteroatoms. The molecule has 0 spiro atoms. The average Bonchev–Trinajstić information content (AvgIpc) is 2.47. The maximum Gasteiger partial charge on any atom is 0.342 e. The van der Waals surface area contributed by atoms with E-state index in [1.807, 2.05) is 6.07 Å². The third kappa shape index (κ3) is 3.48. The first-order chi connectivity index (χ1) is 10.1. The highest BCUT2D eigenvalue weighted by Gasteiger charge is 2.09. The van der Waals surface area contributed by atoms with Crippen LogP contribution in [0.5, 0.6) is 5.75 Å². The van der Waals surface area contributed by atoms with Gasteiger partial charge in [0.25, 0.3) is 5.56 Å². The Bertz CT molecular complexity index is 774. The van der Waals surface area contributed by atoms with E-state index >= 15 is 0 Å². The summed E-state index contributed by atoms with van der Waals surface area (Å²) in [6.07, 6.45) is 0. The zero-order valence-corrected chi connectivity index (χ0v) is 11.3. The van der Waals surface area contributed by atoms with E-state index in [-0.39, 0.29) is 12.4 Å². The Morgan fingerprint density at radius 3 is 2.86 bits per heavy atom. The lowest BCUT2D eigenvalue weighted by molar-refractivity contribution is 0.324. The molecule has 0 saturated carbocycles. The average molecular weight is 287 g/mol. The van der Waals surface area contributed by atoms with Crippen molar-refractivity contribution in [2.75, 3.05) is 25.1 Å². The molecule has 2 aromatic rings. The normalized spacial score (nSPS) is 9.90. The third-order valence-corrected chi connectivity index (χ3v) is 2.75. The summed E-state index contributed by atoms with van der Waals surface area (Å²) >= 11 is 0. The van der Waals surface area contributed by atoms with Crippen LogP contribution in [-0.2, 0) is 0 Å². The van der Waals surface area contributed by atoms with Gasteiger partial charge in [-0.05, 0) is 12.1 Å². The Morgan fingerprint density at radius 1 is 1.38 bits per heavy atom. The van der Waals surface area contributed by atoms with Crippen LogP contribution in [-0.4, -0.2) is 35.4 Å². The molecular weight excluding hydrogens is 274 g/mol. The van der Waals surface area contributed by atoms with E-state index in [4.69, 9.17) is 10.00 Å². The zero-order chi connectivity index (χ0) is 15.2. The van der Waals surface area contributed by atoms with Crippen molar-refractivity contribution in [1.29, 1.82) is 5.26 Å². The second-order valence-corrected chi connectivity index (χ2v) is 4.21. The van der Waals surface area contributed by atoms with Crippen LogP contribution in [0.3, 0.4) is 0 Å². The van der Waals surface area contributed by atoms with Crippen LogP contribution in [0.25, 0.3) is 0 Å². The summed E-state index contributed by atoms with van der Waals surface area (Å²) in [5, 5.41) is 14.8. The van der Waals surface area contributed by atoms with Gasteiger partial charge in [-0.25, -0.2) is 9.89 Å². The fourth-order valence-electron chi connectivity index (χ4n) is 1.68. The molecule has 1 aromatic carbocycles. The van der Waals surface area contributed by atoms with E-state index in [1.165, 1.54) is 0 Å². The lowest BCUT2D eigenvalue weighted by Crippen LogP contribution is -2.34. The number of para-hydroxylation sites is 1. The molecule has 0 aliphatic heterocycles. The van der Waals surface area contributed by atoms with E-state index < -0.39 is 11.2 Å². The van der Waals surface area contributed by atoms with Crippen molar-refractivity contribution in [2.45, 2.75) is 0 Å². The first-order valence-corrected chi connectivity index (χ1v) is 6.14. The molecule has 2 rings (SSSR count). The van der Waals surface area contributed by atoms with Gasteiger partial charge < -0.3 is 9.64 Å². The van der Waals surface area contributed by atoms with Crippen LogP contribution in [0, 0.1) is 11.3 Å². The largest absolute Gasteiger partial charge is 0.490 e. The second-order valence-electron chi connectivity index (χ2n) is 4.21. The van der Waals surface area contributed by atoms with Crippen molar-refractivity contribution in [2.24, 2.45) is 0 Å². The van der Waals surface area contributed by atoms with Crippen molar-refractivity contribution >= 4 is 5.82 Å². The van der Waals surface area contributed by atoms with Gasteiger partial charge in [-0.15, -0.1) is 5.10 Å². The summed E-state index contributed by atoms with van der Waals surface area (Å²) in [7, 11) is 1.65. The van der Waals surface area contributed by atoms with Gasteiger partial charge in [-0.3, -0.25) is 9.78 Å². The van der Waals surface area contributed by atoms with Crippen molar-refractivity contribution in [3.63, 3.8) is 0 Å². The number of likely N-dealkylation sites (N-methyl/N-ethyl adjacent to an activating group) is 1. The third-order valence-electron chi connectivity index (χ3n) is 2.75. The smallest absolute Gasteiger partial charge is 0.342 e. The fourth-order valence-corrected chi connectivity index (χ4v) is 1.68. The zero-order valence-electron chi connectivity index (χ0n) is 11.3. The molecule has 1 heterocycles. The van der Waals surface area contributed by atoms with Crippen molar-refractivity contribution < 1.29 is 4.74 Å². The molecule has 8 nitrogen and oxygen atoms in total. The predicted octanol–water partition coefficient (Wildman–Crippen LogP) is -0.155. The highest BCUT2D eigenvalue weighted by Crippen LogP contribution is 2.16. The molecule has 0 bridgehead atoms. The van der Waals surface area contributed by atoms with E-state index in [0.29, 0.717) is 17.9 Å². The highest BCUT2D eigenvalue weighted by molar-refractivity contribution is 5.42. The standard InChI is InChI=1S/C13H13N5O3/c1-18(11-12(19)15-13(20)17-16-11)6-7-21-10-5-3-2-4-9(10)8-14/h2-5H,6-7H2,1H3,(H2,15,17,19,20). The molecule has 0 fully saturated rings. The van der Waals surface area contributed by atoms with E-state index in [1.54, 1.807) is 36.2 Å². The van der Waals surface area contributed by atoms with Gasteiger partial charge in [0.1, 0.15) is 18.4 Å². The first kappa shape index (κ1) is 14.3. The quantitative estimate of drug-likeness (QED) is 0.790. The van der Waals surface area contributed by atoms with Crippen LogP contribution in [0.15, 0.2) is 33.9 Å². The molecule has 0 aliphatic rings. The van der Waals surface area contributed by atoms with Gasteiger partial charge in [0, 0.05) is 7.05 Å². The minimum absolute atomic E-state index is 0.0896. The molecule has 21 heavy (non-hydrogen) atoms. The summed E-state index contributed by atoms with van der Waals surface area (Å²) in [5.74, 6) is 0.573. The number of hydrogen-bond acceptors (Lipinski definition) is 6. The number of H-pyrrole nitrogens is 2. The summed E-state index contributed by atoms with van der Waals surface area (Å²) < 4.78 is 5.51. The molecule has 2 N–H and O–H groups in total. The van der Waals surface area contributed by atoms with Crippen molar-refractivity contribution in [1.82, 2.24) is 15.2 Å². The Kier molecular flexibility index (Phi) is 4.36. The number of aromatic nitrogens is 3. The SMILES string of the molecule is CN(CCOc1ccccc1C#N)c1n[nH]c(=O)[nH]c1=O. The Balaban J connectivity index is 1.99. The molecule has 0 saturated heterocycles. The van der Waals surface area contributed by atoms with Gasteiger partial charge in [0.15, 0.2) is 0 Å². The number of nitrogens with one attached hydrogen (secondary N) is 2. The summed E-state index contributed by atoms with van der Waals surface area (Å²) in [6.45, 7) is 0.622. The molecule has 0 amide bonds. The molecule has 0 atom stereocenters. The molecule has 0 unspecified atom stereocenters. The van der Waals surface area contributed by atoms with Gasteiger partial charge in [-0.2, -0.15) is 5.26 Å². The number of aromatic amines is 2. The van der Waals surface area contributed by atoms with Crippen molar-refractivity contribution in [3.05, 3.63) is 50.7 Å². The monoisotopic (exact) mass is 287 g/mol. The minimum atomic E-state index is -0.656. The molecular formula is C13H13N5O3. The highest BCUT2D eigenvalue weighted by atomic mass is 16.5. The summed E-state index contributed by atoms with van der Waals surface area (Å²) in [5.41, 5.74) is -0.782. The van der Waals surface area contributed by atoms with Crippen LogP contribution >= 0.6 is 0 Å². The Labute approximate surface area is 119 Å². The van der Waals surface area contributed by atoms with E-state index in [2.05, 4.69) is 15.2 Å². The number of rotatable bonds is 5. The van der Waals surface area contributed by atoms with E-state index in [0.717, 1.165) is 0 Å². The molecule has 0 radical (unpaired) electrons. The maximum absolute atomic E-state index is 11.6. The topological polar surface area (TPSA) is 115 Å². The predicted molar refractivity (Wildman–Crippen MR) is 75.4 cm³/mol. The molecule has 1 aromatic heterocycles. The van der Waals surface area contributed by atoms with Crippen LogP contribution in [0.1, 0.15) is 5.56 Å². The van der Waals surface area contributed by atoms with Crippen LogP contribution in [0.2, 0.25) is 0 Å². The second kappa shape index (κ2) is 6.38. The van der Waals surface area contributed by atoms with Gasteiger partial charge in [0.05, 0.1) is 12.1 Å². The number of anilines is 1. The lowest BCUT2D eigenvalue weighted by Gasteiger charge is -2.16. The fraction of sp³-hybridized carbons (Fsp3) is 0.231. The maximum atomic E-state index is 11.6. The van der Waals surface area contributed by atoms with Crippen LogP contribution in [0.4, 0.5) is 5.82 Å². The molecule has 108 valence electrons.